The van der Waals surface area contributed by atoms with Crippen LogP contribution >= 0.6 is 0 Å². The maximum atomic E-state index is 12.5. The lowest BCUT2D eigenvalue weighted by Gasteiger charge is -2.17. The Hall–Kier alpha value is -1.27. The van der Waals surface area contributed by atoms with Crippen LogP contribution in [-0.4, -0.2) is 40.0 Å². The predicted molar refractivity (Wildman–Crippen MR) is 72.1 cm³/mol. The van der Waals surface area contributed by atoms with Gasteiger partial charge in [0.15, 0.2) is 11.5 Å². The molecule has 0 saturated carbocycles. The second-order valence-corrected chi connectivity index (χ2v) is 6.71. The molecular formula is C13H19NO4S. The lowest BCUT2D eigenvalue weighted by atomic mass is 10.2. The molecule has 1 aliphatic heterocycles. The van der Waals surface area contributed by atoms with Gasteiger partial charge in [0.05, 0.1) is 19.1 Å². The van der Waals surface area contributed by atoms with E-state index in [1.807, 2.05) is 0 Å². The molecule has 0 N–H and O–H groups in total. The first kappa shape index (κ1) is 14.1. The van der Waals surface area contributed by atoms with Gasteiger partial charge in [-0.3, -0.25) is 0 Å². The maximum Gasteiger partial charge on any atom is 0.243 e. The number of methoxy groups -OCH3 is 2. The fraction of sp³-hybridized carbons (Fsp3) is 0.538. The van der Waals surface area contributed by atoms with Crippen LogP contribution < -0.4 is 9.47 Å². The highest BCUT2D eigenvalue weighted by Crippen LogP contribution is 2.32. The molecule has 6 heteroatoms. The van der Waals surface area contributed by atoms with Crippen LogP contribution in [0.4, 0.5) is 0 Å². The van der Waals surface area contributed by atoms with Crippen LogP contribution in [0.3, 0.4) is 0 Å². The lowest BCUT2D eigenvalue weighted by Crippen LogP contribution is -2.28. The number of benzene rings is 1. The van der Waals surface area contributed by atoms with Crippen molar-refractivity contribution in [2.75, 3.05) is 27.3 Å². The summed E-state index contributed by atoms with van der Waals surface area (Å²) < 4.78 is 36.7. The largest absolute Gasteiger partial charge is 0.493 e. The highest BCUT2D eigenvalue weighted by molar-refractivity contribution is 7.89. The van der Waals surface area contributed by atoms with Gasteiger partial charge in [0.1, 0.15) is 0 Å². The van der Waals surface area contributed by atoms with E-state index in [4.69, 9.17) is 9.47 Å². The van der Waals surface area contributed by atoms with Crippen molar-refractivity contribution >= 4 is 10.0 Å². The van der Waals surface area contributed by atoms with Crippen molar-refractivity contribution < 1.29 is 17.9 Å². The Labute approximate surface area is 114 Å². The van der Waals surface area contributed by atoms with Gasteiger partial charge >= 0.3 is 0 Å². The Morgan fingerprint density at radius 3 is 2.42 bits per heavy atom. The molecular weight excluding hydrogens is 266 g/mol. The van der Waals surface area contributed by atoms with Crippen molar-refractivity contribution in [1.82, 2.24) is 4.31 Å². The summed E-state index contributed by atoms with van der Waals surface area (Å²) >= 11 is 0. The Kier molecular flexibility index (Phi) is 4.01. The summed E-state index contributed by atoms with van der Waals surface area (Å²) in [6, 6.07) is 4.68. The van der Waals surface area contributed by atoms with Crippen LogP contribution in [0.15, 0.2) is 23.1 Å². The molecule has 1 aromatic carbocycles. The average Bonchev–Trinajstić information content (AvgIpc) is 2.85. The normalized spacial score (nSPS) is 20.5. The molecule has 106 valence electrons. The Bertz CT molecular complexity index is 556. The Balaban J connectivity index is 2.35. The van der Waals surface area contributed by atoms with Crippen LogP contribution in [0.25, 0.3) is 0 Å². The molecule has 0 bridgehead atoms. The van der Waals surface area contributed by atoms with Crippen molar-refractivity contribution in [2.45, 2.75) is 18.2 Å². The molecule has 1 unspecified atom stereocenters. The molecule has 0 aromatic heterocycles. The predicted octanol–water partition coefficient (Wildman–Crippen LogP) is 1.73. The smallest absolute Gasteiger partial charge is 0.243 e. The minimum atomic E-state index is -3.43. The van der Waals surface area contributed by atoms with E-state index in [1.165, 1.54) is 24.6 Å². The van der Waals surface area contributed by atoms with Gasteiger partial charge in [-0.2, -0.15) is 4.31 Å². The van der Waals surface area contributed by atoms with E-state index in [-0.39, 0.29) is 4.90 Å². The van der Waals surface area contributed by atoms with Crippen LogP contribution in [0, 0.1) is 5.92 Å². The van der Waals surface area contributed by atoms with Gasteiger partial charge in [0, 0.05) is 19.2 Å². The summed E-state index contributed by atoms with van der Waals surface area (Å²) in [5.74, 6) is 1.36. The highest BCUT2D eigenvalue weighted by atomic mass is 32.2. The van der Waals surface area contributed by atoms with Gasteiger partial charge in [0.25, 0.3) is 0 Å². The van der Waals surface area contributed by atoms with Crippen LogP contribution in [-0.2, 0) is 10.0 Å². The summed E-state index contributed by atoms with van der Waals surface area (Å²) in [5, 5.41) is 0. The number of ether oxygens (including phenoxy) is 2. The standard InChI is InChI=1S/C13H19NO4S/c1-10-6-7-14(9-10)19(15,16)11-4-5-12(17-2)13(8-11)18-3/h4-5,8,10H,6-7,9H2,1-3H3. The van der Waals surface area contributed by atoms with E-state index < -0.39 is 10.0 Å². The number of hydrogen-bond donors (Lipinski definition) is 0. The minimum absolute atomic E-state index is 0.249. The molecule has 0 spiro atoms. The van der Waals surface area contributed by atoms with Crippen molar-refractivity contribution in [2.24, 2.45) is 5.92 Å². The molecule has 1 atom stereocenters. The first-order chi connectivity index (χ1) is 8.98. The molecule has 0 radical (unpaired) electrons. The third-order valence-corrected chi connectivity index (χ3v) is 5.24. The fourth-order valence-corrected chi connectivity index (χ4v) is 3.83. The van der Waals surface area contributed by atoms with Crippen molar-refractivity contribution in [3.63, 3.8) is 0 Å². The number of rotatable bonds is 4. The monoisotopic (exact) mass is 285 g/mol. The maximum absolute atomic E-state index is 12.5. The van der Waals surface area contributed by atoms with E-state index in [2.05, 4.69) is 6.92 Å². The zero-order valence-corrected chi connectivity index (χ0v) is 12.2. The fourth-order valence-electron chi connectivity index (χ4n) is 2.24. The third kappa shape index (κ3) is 2.69. The summed E-state index contributed by atoms with van der Waals surface area (Å²) in [7, 11) is -0.417. The molecule has 0 amide bonds. The Morgan fingerprint density at radius 2 is 1.89 bits per heavy atom. The highest BCUT2D eigenvalue weighted by Gasteiger charge is 2.31. The van der Waals surface area contributed by atoms with Crippen LogP contribution in [0.2, 0.25) is 0 Å². The second kappa shape index (κ2) is 5.38. The Morgan fingerprint density at radius 1 is 1.21 bits per heavy atom. The zero-order chi connectivity index (χ0) is 14.0. The third-order valence-electron chi connectivity index (χ3n) is 3.38. The van der Waals surface area contributed by atoms with E-state index >= 15 is 0 Å². The van der Waals surface area contributed by atoms with E-state index in [0.29, 0.717) is 30.5 Å². The van der Waals surface area contributed by atoms with Gasteiger partial charge in [-0.15, -0.1) is 0 Å². The second-order valence-electron chi connectivity index (χ2n) is 4.77. The zero-order valence-electron chi connectivity index (χ0n) is 11.4. The van der Waals surface area contributed by atoms with Gasteiger partial charge in [-0.25, -0.2) is 8.42 Å². The number of hydrogen-bond acceptors (Lipinski definition) is 4. The molecule has 0 aliphatic carbocycles. The minimum Gasteiger partial charge on any atom is -0.493 e. The first-order valence-corrected chi connectivity index (χ1v) is 7.65. The number of nitrogens with zero attached hydrogens (tertiary/aromatic N) is 1. The van der Waals surface area contributed by atoms with Crippen LogP contribution in [0.1, 0.15) is 13.3 Å². The summed E-state index contributed by atoms with van der Waals surface area (Å²) in [4.78, 5) is 0.249. The molecule has 19 heavy (non-hydrogen) atoms. The molecule has 2 rings (SSSR count). The molecule has 1 aliphatic rings. The van der Waals surface area contributed by atoms with Crippen molar-refractivity contribution in [3.05, 3.63) is 18.2 Å². The summed E-state index contributed by atoms with van der Waals surface area (Å²) in [6.07, 6.45) is 0.909. The van der Waals surface area contributed by atoms with Crippen molar-refractivity contribution in [1.29, 1.82) is 0 Å². The van der Waals surface area contributed by atoms with Gasteiger partial charge in [-0.1, -0.05) is 6.92 Å². The molecule has 5 nitrogen and oxygen atoms in total. The van der Waals surface area contributed by atoms with E-state index in [9.17, 15) is 8.42 Å². The van der Waals surface area contributed by atoms with E-state index in [1.54, 1.807) is 12.1 Å². The summed E-state index contributed by atoms with van der Waals surface area (Å²) in [5.41, 5.74) is 0. The molecule has 1 aromatic rings. The quantitative estimate of drug-likeness (QED) is 0.845. The van der Waals surface area contributed by atoms with E-state index in [0.717, 1.165) is 6.42 Å². The molecule has 1 saturated heterocycles. The molecule has 1 fully saturated rings. The van der Waals surface area contributed by atoms with Gasteiger partial charge in [-0.05, 0) is 24.5 Å². The average molecular weight is 285 g/mol. The lowest BCUT2D eigenvalue weighted by molar-refractivity contribution is 0.353. The van der Waals surface area contributed by atoms with Gasteiger partial charge in [0.2, 0.25) is 10.0 Å². The van der Waals surface area contributed by atoms with Crippen LogP contribution in [0.5, 0.6) is 11.5 Å². The topological polar surface area (TPSA) is 55.8 Å². The SMILES string of the molecule is COc1ccc(S(=O)(=O)N2CCC(C)C2)cc1OC. The van der Waals surface area contributed by atoms with Gasteiger partial charge < -0.3 is 9.47 Å². The number of sulfonamides is 1. The summed E-state index contributed by atoms with van der Waals surface area (Å²) in [6.45, 7) is 3.22. The first-order valence-electron chi connectivity index (χ1n) is 6.21. The molecule has 1 heterocycles. The van der Waals surface area contributed by atoms with Crippen molar-refractivity contribution in [3.8, 4) is 11.5 Å².